The number of pyridine rings is 1. The number of aromatic nitrogens is 5. The smallest absolute Gasteiger partial charge is 0.250 e. The van der Waals surface area contributed by atoms with E-state index in [9.17, 15) is 4.79 Å². The van der Waals surface area contributed by atoms with Crippen LogP contribution in [0.1, 0.15) is 24.6 Å². The van der Waals surface area contributed by atoms with Crippen LogP contribution in [0.15, 0.2) is 47.8 Å². The summed E-state index contributed by atoms with van der Waals surface area (Å²) in [4.78, 5) is 28.3. The van der Waals surface area contributed by atoms with Gasteiger partial charge in [-0.3, -0.25) is 4.79 Å². The van der Waals surface area contributed by atoms with E-state index < -0.39 is 0 Å². The third kappa shape index (κ3) is 3.80. The maximum absolute atomic E-state index is 11.9. The van der Waals surface area contributed by atoms with Crippen molar-refractivity contribution in [2.75, 3.05) is 13.2 Å². The molecule has 1 fully saturated rings. The standard InChI is InChI=1S/C22H20ClN5O3/c1-28-11-14(2-5-18(28)29)15-3-4-17-19(20(15)31-22-16(23)10-24-12-25-22)27-21(26-17)13-6-8-30-9-7-13/h2-5,10-13H,6-9H2,1H3,(H,26,27). The Balaban J connectivity index is 1.68. The lowest BCUT2D eigenvalue weighted by molar-refractivity contribution is 0.0838. The van der Waals surface area contributed by atoms with Crippen molar-refractivity contribution >= 4 is 22.6 Å². The summed E-state index contributed by atoms with van der Waals surface area (Å²) >= 11 is 6.26. The molecule has 0 atom stereocenters. The maximum Gasteiger partial charge on any atom is 0.250 e. The average molecular weight is 438 g/mol. The Morgan fingerprint density at radius 1 is 1.23 bits per heavy atom. The Kier molecular flexibility index (Phi) is 5.17. The number of benzene rings is 1. The van der Waals surface area contributed by atoms with Crippen LogP contribution in [0.5, 0.6) is 11.6 Å². The van der Waals surface area contributed by atoms with Gasteiger partial charge >= 0.3 is 0 Å². The normalized spacial score (nSPS) is 14.8. The number of imidazole rings is 1. The van der Waals surface area contributed by atoms with Gasteiger partial charge < -0.3 is 19.0 Å². The molecular weight excluding hydrogens is 418 g/mol. The first-order chi connectivity index (χ1) is 15.1. The van der Waals surface area contributed by atoms with E-state index in [-0.39, 0.29) is 11.4 Å². The third-order valence-corrected chi connectivity index (χ3v) is 5.72. The first kappa shape index (κ1) is 19.7. The zero-order valence-electron chi connectivity index (χ0n) is 16.8. The zero-order chi connectivity index (χ0) is 21.4. The summed E-state index contributed by atoms with van der Waals surface area (Å²) in [7, 11) is 1.71. The Hall–Kier alpha value is -3.23. The predicted molar refractivity (Wildman–Crippen MR) is 117 cm³/mol. The zero-order valence-corrected chi connectivity index (χ0v) is 17.6. The van der Waals surface area contributed by atoms with Gasteiger partial charge in [0, 0.05) is 49.6 Å². The molecule has 3 aromatic heterocycles. The molecule has 0 aliphatic carbocycles. The van der Waals surface area contributed by atoms with Crippen LogP contribution in [0.4, 0.5) is 0 Å². The van der Waals surface area contributed by atoms with Crippen molar-refractivity contribution in [1.29, 1.82) is 0 Å². The number of hydrogen-bond acceptors (Lipinski definition) is 6. The molecule has 0 bridgehead atoms. The second kappa shape index (κ2) is 8.13. The maximum atomic E-state index is 11.9. The lowest BCUT2D eigenvalue weighted by Gasteiger charge is -2.19. The van der Waals surface area contributed by atoms with E-state index in [4.69, 9.17) is 26.1 Å². The molecule has 4 aromatic rings. The van der Waals surface area contributed by atoms with Crippen LogP contribution in [0, 0.1) is 0 Å². The quantitative estimate of drug-likeness (QED) is 0.517. The van der Waals surface area contributed by atoms with Crippen molar-refractivity contribution in [1.82, 2.24) is 24.5 Å². The van der Waals surface area contributed by atoms with Crippen LogP contribution < -0.4 is 10.3 Å². The third-order valence-electron chi connectivity index (χ3n) is 5.46. The molecular formula is C22H20ClN5O3. The van der Waals surface area contributed by atoms with Gasteiger partial charge in [0.1, 0.15) is 22.7 Å². The SMILES string of the molecule is Cn1cc(-c2ccc3[nH]c(C4CCOCC4)nc3c2Oc2ncncc2Cl)ccc1=O. The van der Waals surface area contributed by atoms with Crippen molar-refractivity contribution in [3.63, 3.8) is 0 Å². The highest BCUT2D eigenvalue weighted by Gasteiger charge is 2.23. The van der Waals surface area contributed by atoms with Crippen LogP contribution in [-0.4, -0.2) is 37.7 Å². The highest BCUT2D eigenvalue weighted by atomic mass is 35.5. The van der Waals surface area contributed by atoms with Crippen LogP contribution in [0.2, 0.25) is 5.02 Å². The molecule has 5 rings (SSSR count). The Morgan fingerprint density at radius 3 is 2.84 bits per heavy atom. The molecule has 0 radical (unpaired) electrons. The fraction of sp³-hybridized carbons (Fsp3) is 0.273. The van der Waals surface area contributed by atoms with Crippen molar-refractivity contribution in [3.05, 3.63) is 64.2 Å². The van der Waals surface area contributed by atoms with Gasteiger partial charge in [0.05, 0.1) is 11.7 Å². The summed E-state index contributed by atoms with van der Waals surface area (Å²) in [6, 6.07) is 7.21. The minimum absolute atomic E-state index is 0.0901. The molecule has 1 saturated heterocycles. The second-order valence-corrected chi connectivity index (χ2v) is 7.90. The van der Waals surface area contributed by atoms with Gasteiger partial charge in [0.15, 0.2) is 5.75 Å². The molecule has 8 nitrogen and oxygen atoms in total. The molecule has 4 heterocycles. The topological polar surface area (TPSA) is 94.9 Å². The van der Waals surface area contributed by atoms with E-state index in [1.54, 1.807) is 19.3 Å². The number of rotatable bonds is 4. The van der Waals surface area contributed by atoms with Gasteiger partial charge in [-0.1, -0.05) is 11.6 Å². The lowest BCUT2D eigenvalue weighted by atomic mass is 10.00. The molecule has 1 aliphatic rings. The number of hydrogen-bond donors (Lipinski definition) is 1. The summed E-state index contributed by atoms with van der Waals surface area (Å²) < 4.78 is 13.2. The first-order valence-electron chi connectivity index (χ1n) is 10.0. The molecule has 0 spiro atoms. The van der Waals surface area contributed by atoms with Crippen LogP contribution >= 0.6 is 11.6 Å². The van der Waals surface area contributed by atoms with Gasteiger partial charge in [0.2, 0.25) is 11.4 Å². The van der Waals surface area contributed by atoms with E-state index in [0.29, 0.717) is 22.2 Å². The van der Waals surface area contributed by atoms with E-state index in [1.165, 1.54) is 23.2 Å². The summed E-state index contributed by atoms with van der Waals surface area (Å²) in [6.45, 7) is 1.45. The molecule has 158 valence electrons. The first-order valence-corrected chi connectivity index (χ1v) is 10.4. The Bertz CT molecular complexity index is 1310. The Morgan fingerprint density at radius 2 is 2.06 bits per heavy atom. The summed E-state index contributed by atoms with van der Waals surface area (Å²) in [5.74, 6) is 1.98. The summed E-state index contributed by atoms with van der Waals surface area (Å²) in [5, 5.41) is 0.297. The fourth-order valence-corrected chi connectivity index (χ4v) is 3.93. The summed E-state index contributed by atoms with van der Waals surface area (Å²) in [5.41, 5.74) is 3.05. The van der Waals surface area contributed by atoms with Gasteiger partial charge in [-0.25, -0.2) is 15.0 Å². The number of fused-ring (bicyclic) bond motifs is 1. The minimum atomic E-state index is -0.0901. The number of aromatic amines is 1. The fourth-order valence-electron chi connectivity index (χ4n) is 3.79. The van der Waals surface area contributed by atoms with Crippen molar-refractivity contribution in [2.24, 2.45) is 7.05 Å². The van der Waals surface area contributed by atoms with Gasteiger partial charge in [-0.05, 0) is 31.0 Å². The van der Waals surface area contributed by atoms with Crippen LogP contribution in [0.3, 0.4) is 0 Å². The van der Waals surface area contributed by atoms with Crippen molar-refractivity contribution < 1.29 is 9.47 Å². The molecule has 1 aromatic carbocycles. The lowest BCUT2D eigenvalue weighted by Crippen LogP contribution is -2.15. The van der Waals surface area contributed by atoms with E-state index in [1.807, 2.05) is 12.1 Å². The molecule has 9 heteroatoms. The number of H-pyrrole nitrogens is 1. The molecule has 0 saturated carbocycles. The number of nitrogens with one attached hydrogen (secondary N) is 1. The number of nitrogens with zero attached hydrogens (tertiary/aromatic N) is 4. The highest BCUT2D eigenvalue weighted by Crippen LogP contribution is 2.40. The van der Waals surface area contributed by atoms with Gasteiger partial charge in [-0.2, -0.15) is 0 Å². The average Bonchev–Trinajstić information content (AvgIpc) is 3.23. The highest BCUT2D eigenvalue weighted by molar-refractivity contribution is 6.31. The van der Waals surface area contributed by atoms with Crippen LogP contribution in [0.25, 0.3) is 22.2 Å². The number of halogens is 1. The predicted octanol–water partition coefficient (Wildman–Crippen LogP) is 4.06. The molecule has 1 N–H and O–H groups in total. The van der Waals surface area contributed by atoms with Gasteiger partial charge in [0.25, 0.3) is 0 Å². The van der Waals surface area contributed by atoms with Gasteiger partial charge in [-0.15, -0.1) is 0 Å². The minimum Gasteiger partial charge on any atom is -0.434 e. The van der Waals surface area contributed by atoms with Crippen LogP contribution in [-0.2, 0) is 11.8 Å². The monoisotopic (exact) mass is 437 g/mol. The second-order valence-electron chi connectivity index (χ2n) is 7.49. The van der Waals surface area contributed by atoms with E-state index in [0.717, 1.165) is 48.5 Å². The molecule has 1 aliphatic heterocycles. The number of aryl methyl sites for hydroxylation is 1. The largest absolute Gasteiger partial charge is 0.434 e. The van der Waals surface area contributed by atoms with E-state index >= 15 is 0 Å². The van der Waals surface area contributed by atoms with Crippen molar-refractivity contribution in [3.8, 4) is 22.8 Å². The van der Waals surface area contributed by atoms with Crippen molar-refractivity contribution in [2.45, 2.75) is 18.8 Å². The molecule has 0 amide bonds. The number of ether oxygens (including phenoxy) is 2. The summed E-state index contributed by atoms with van der Waals surface area (Å²) in [6.07, 6.45) is 6.46. The Labute approximate surface area is 182 Å². The molecule has 0 unspecified atom stereocenters. The molecule has 31 heavy (non-hydrogen) atoms. The van der Waals surface area contributed by atoms with E-state index in [2.05, 4.69) is 15.0 Å².